The normalized spacial score (nSPS) is 11.0. The summed E-state index contributed by atoms with van der Waals surface area (Å²) in [6.07, 6.45) is 3.12. The molecule has 1 heterocycles. The van der Waals surface area contributed by atoms with Crippen LogP contribution < -0.4 is 19.9 Å². The highest BCUT2D eigenvalue weighted by Crippen LogP contribution is 2.27. The van der Waals surface area contributed by atoms with Crippen LogP contribution in [0, 0.1) is 6.92 Å². The number of hydrogen-bond donors (Lipinski definition) is 2. The molecule has 1 aromatic heterocycles. The summed E-state index contributed by atoms with van der Waals surface area (Å²) in [5.41, 5.74) is 1.27. The number of sulfonamides is 1. The molecule has 0 saturated carbocycles. The molecule has 3 N–H and O–H groups in total. The standard InChI is InChI=1S/C19H18N4O5S/c1-12-10-13(28-19-21-8-3-9-22-19)4-6-16(12)23-18(24)15-11-14(29(20,25)26)5-7-17(15)27-2/h3-11H,1-2H3,(H,23,24)(H2,20,25,26). The molecule has 150 valence electrons. The van der Waals surface area contributed by atoms with Gasteiger partial charge in [0.25, 0.3) is 5.91 Å². The number of nitrogens with zero attached hydrogens (tertiary/aromatic N) is 2. The van der Waals surface area contributed by atoms with Gasteiger partial charge in [-0.15, -0.1) is 0 Å². The van der Waals surface area contributed by atoms with Crippen LogP contribution in [0.5, 0.6) is 17.5 Å². The molecule has 0 atom stereocenters. The molecular formula is C19H18N4O5S. The number of methoxy groups -OCH3 is 1. The molecule has 3 rings (SSSR count). The SMILES string of the molecule is COc1ccc(S(N)(=O)=O)cc1C(=O)Nc1ccc(Oc2ncccn2)cc1C. The molecule has 0 aliphatic heterocycles. The van der Waals surface area contributed by atoms with Gasteiger partial charge in [-0.05, 0) is 55.0 Å². The van der Waals surface area contributed by atoms with Gasteiger partial charge in [0.2, 0.25) is 10.0 Å². The van der Waals surface area contributed by atoms with Crippen molar-refractivity contribution in [2.75, 3.05) is 12.4 Å². The minimum atomic E-state index is -3.96. The molecule has 0 aliphatic carbocycles. The van der Waals surface area contributed by atoms with Crippen LogP contribution in [0.25, 0.3) is 0 Å². The third kappa shape index (κ3) is 4.86. The number of nitrogens with one attached hydrogen (secondary N) is 1. The number of aromatic nitrogens is 2. The van der Waals surface area contributed by atoms with Gasteiger partial charge in [-0.1, -0.05) is 0 Å². The van der Waals surface area contributed by atoms with Gasteiger partial charge < -0.3 is 14.8 Å². The first-order valence-electron chi connectivity index (χ1n) is 8.35. The molecule has 0 fully saturated rings. The van der Waals surface area contributed by atoms with Crippen molar-refractivity contribution >= 4 is 21.6 Å². The Bertz CT molecular complexity index is 1150. The molecule has 0 unspecified atom stereocenters. The van der Waals surface area contributed by atoms with E-state index in [9.17, 15) is 13.2 Å². The van der Waals surface area contributed by atoms with E-state index in [1.807, 2.05) is 0 Å². The molecule has 9 nitrogen and oxygen atoms in total. The van der Waals surface area contributed by atoms with E-state index < -0.39 is 15.9 Å². The monoisotopic (exact) mass is 414 g/mol. The minimum Gasteiger partial charge on any atom is -0.496 e. The van der Waals surface area contributed by atoms with Crippen LogP contribution >= 0.6 is 0 Å². The Morgan fingerprint density at radius 1 is 1.10 bits per heavy atom. The first-order chi connectivity index (χ1) is 13.8. The quantitative estimate of drug-likeness (QED) is 0.633. The fraction of sp³-hybridized carbons (Fsp3) is 0.105. The first kappa shape index (κ1) is 20.2. The first-order valence-corrected chi connectivity index (χ1v) is 9.90. The molecule has 2 aromatic carbocycles. The second kappa shape index (κ2) is 8.25. The van der Waals surface area contributed by atoms with Crippen molar-refractivity contribution in [3.63, 3.8) is 0 Å². The Balaban J connectivity index is 1.84. The lowest BCUT2D eigenvalue weighted by Crippen LogP contribution is -2.17. The van der Waals surface area contributed by atoms with Crippen molar-refractivity contribution in [3.8, 4) is 17.5 Å². The van der Waals surface area contributed by atoms with Crippen molar-refractivity contribution in [1.29, 1.82) is 0 Å². The van der Waals surface area contributed by atoms with Crippen LogP contribution in [-0.4, -0.2) is 31.4 Å². The topological polar surface area (TPSA) is 134 Å². The summed E-state index contributed by atoms with van der Waals surface area (Å²) in [5, 5.41) is 7.88. The predicted octanol–water partition coefficient (Wildman–Crippen LogP) is 2.49. The van der Waals surface area contributed by atoms with E-state index in [2.05, 4.69) is 15.3 Å². The van der Waals surface area contributed by atoms with Crippen molar-refractivity contribution < 1.29 is 22.7 Å². The maximum Gasteiger partial charge on any atom is 0.321 e. The molecular weight excluding hydrogens is 396 g/mol. The van der Waals surface area contributed by atoms with Crippen LogP contribution in [-0.2, 0) is 10.0 Å². The largest absolute Gasteiger partial charge is 0.496 e. The number of primary sulfonamides is 1. The summed E-state index contributed by atoms with van der Waals surface area (Å²) in [4.78, 5) is 20.5. The Morgan fingerprint density at radius 2 is 1.83 bits per heavy atom. The summed E-state index contributed by atoms with van der Waals surface area (Å²) < 4.78 is 33.9. The highest BCUT2D eigenvalue weighted by molar-refractivity contribution is 7.89. The van der Waals surface area contributed by atoms with Gasteiger partial charge in [-0.2, -0.15) is 0 Å². The highest BCUT2D eigenvalue weighted by Gasteiger charge is 2.18. The van der Waals surface area contributed by atoms with Crippen molar-refractivity contribution in [2.24, 2.45) is 5.14 Å². The second-order valence-corrected chi connectivity index (χ2v) is 7.53. The fourth-order valence-corrected chi connectivity index (χ4v) is 3.05. The zero-order valence-electron chi connectivity index (χ0n) is 15.6. The molecule has 10 heteroatoms. The van der Waals surface area contributed by atoms with Gasteiger partial charge in [0, 0.05) is 18.1 Å². The van der Waals surface area contributed by atoms with Gasteiger partial charge in [-0.3, -0.25) is 4.79 Å². The number of rotatable bonds is 6. The zero-order valence-corrected chi connectivity index (χ0v) is 16.4. The molecule has 0 radical (unpaired) electrons. The number of benzene rings is 2. The number of aryl methyl sites for hydroxylation is 1. The van der Waals surface area contributed by atoms with Gasteiger partial charge in [0.05, 0.1) is 17.6 Å². The van der Waals surface area contributed by atoms with Gasteiger partial charge in [0.1, 0.15) is 11.5 Å². The maximum atomic E-state index is 12.7. The van der Waals surface area contributed by atoms with E-state index in [1.54, 1.807) is 43.6 Å². The lowest BCUT2D eigenvalue weighted by Gasteiger charge is -2.13. The Morgan fingerprint density at radius 3 is 2.45 bits per heavy atom. The van der Waals surface area contributed by atoms with Gasteiger partial charge in [0.15, 0.2) is 0 Å². The lowest BCUT2D eigenvalue weighted by molar-refractivity contribution is 0.102. The van der Waals surface area contributed by atoms with Crippen LogP contribution in [0.2, 0.25) is 0 Å². The van der Waals surface area contributed by atoms with Crippen LogP contribution in [0.1, 0.15) is 15.9 Å². The highest BCUT2D eigenvalue weighted by atomic mass is 32.2. The molecule has 0 saturated heterocycles. The van der Waals surface area contributed by atoms with Crippen LogP contribution in [0.3, 0.4) is 0 Å². The Labute approximate surface area is 167 Å². The lowest BCUT2D eigenvalue weighted by atomic mass is 10.1. The van der Waals surface area contributed by atoms with Gasteiger partial charge in [-0.25, -0.2) is 23.5 Å². The van der Waals surface area contributed by atoms with E-state index in [4.69, 9.17) is 14.6 Å². The average Bonchev–Trinajstić information content (AvgIpc) is 2.69. The number of nitrogens with two attached hydrogens (primary N) is 1. The summed E-state index contributed by atoms with van der Waals surface area (Å²) in [5.74, 6) is 0.171. The zero-order chi connectivity index (χ0) is 21.0. The van der Waals surface area contributed by atoms with Crippen molar-refractivity contribution in [2.45, 2.75) is 11.8 Å². The fourth-order valence-electron chi connectivity index (χ4n) is 2.51. The van der Waals surface area contributed by atoms with Crippen LogP contribution in [0.4, 0.5) is 5.69 Å². The predicted molar refractivity (Wildman–Crippen MR) is 106 cm³/mol. The van der Waals surface area contributed by atoms with Gasteiger partial charge >= 0.3 is 6.01 Å². The number of anilines is 1. The van der Waals surface area contributed by atoms with E-state index in [0.29, 0.717) is 17.0 Å². The minimum absolute atomic E-state index is 0.0384. The molecule has 29 heavy (non-hydrogen) atoms. The smallest absolute Gasteiger partial charge is 0.321 e. The van der Waals surface area contributed by atoms with Crippen molar-refractivity contribution in [1.82, 2.24) is 9.97 Å². The molecule has 0 bridgehead atoms. The average molecular weight is 414 g/mol. The maximum absolute atomic E-state index is 12.7. The van der Waals surface area contributed by atoms with E-state index in [-0.39, 0.29) is 22.2 Å². The second-order valence-electron chi connectivity index (χ2n) is 5.97. The Hall–Kier alpha value is -3.50. The molecule has 0 spiro atoms. The molecule has 3 aromatic rings. The number of ether oxygens (including phenoxy) is 2. The number of hydrogen-bond acceptors (Lipinski definition) is 7. The third-order valence-electron chi connectivity index (χ3n) is 3.94. The summed E-state index contributed by atoms with van der Waals surface area (Å²) in [6.45, 7) is 1.78. The van der Waals surface area contributed by atoms with E-state index in [1.165, 1.54) is 25.3 Å². The summed E-state index contributed by atoms with van der Waals surface area (Å²) in [6, 6.07) is 10.7. The third-order valence-corrected chi connectivity index (χ3v) is 4.85. The van der Waals surface area contributed by atoms with E-state index in [0.717, 1.165) is 0 Å². The number of amides is 1. The summed E-state index contributed by atoms with van der Waals surface area (Å²) >= 11 is 0. The Kier molecular flexibility index (Phi) is 5.76. The van der Waals surface area contributed by atoms with Crippen LogP contribution in [0.15, 0.2) is 59.8 Å². The summed E-state index contributed by atoms with van der Waals surface area (Å²) in [7, 11) is -2.58. The number of carbonyl (C=O) groups is 1. The molecule has 1 amide bonds. The van der Waals surface area contributed by atoms with Crippen molar-refractivity contribution in [3.05, 3.63) is 66.0 Å². The molecule has 0 aliphatic rings. The number of carbonyl (C=O) groups excluding carboxylic acids is 1. The van der Waals surface area contributed by atoms with E-state index >= 15 is 0 Å².